The predicted octanol–water partition coefficient (Wildman–Crippen LogP) is 1.69. The molecule has 140 valence electrons. The van der Waals surface area contributed by atoms with Gasteiger partial charge in [0.2, 0.25) is 6.79 Å². The molecule has 0 N–H and O–H groups in total. The molecule has 3 aromatic rings. The Bertz CT molecular complexity index is 950. The molecule has 1 aromatic carbocycles. The molecule has 8 nitrogen and oxygen atoms in total. The Morgan fingerprint density at radius 3 is 2.59 bits per heavy atom. The lowest BCUT2D eigenvalue weighted by molar-refractivity contribution is 0.174. The van der Waals surface area contributed by atoms with Gasteiger partial charge in [0.25, 0.3) is 0 Å². The van der Waals surface area contributed by atoms with Crippen molar-refractivity contribution < 1.29 is 9.47 Å². The fourth-order valence-corrected chi connectivity index (χ4v) is 3.79. The largest absolute Gasteiger partial charge is 0.454 e. The van der Waals surface area contributed by atoms with Gasteiger partial charge in [-0.15, -0.1) is 0 Å². The van der Waals surface area contributed by atoms with Gasteiger partial charge in [-0.3, -0.25) is 14.6 Å². The molecule has 0 amide bonds. The van der Waals surface area contributed by atoms with Crippen molar-refractivity contribution in [2.24, 2.45) is 0 Å². The first kappa shape index (κ1) is 16.3. The van der Waals surface area contributed by atoms with E-state index in [1.807, 2.05) is 17.7 Å². The van der Waals surface area contributed by atoms with Crippen LogP contribution >= 0.6 is 0 Å². The molecule has 4 heterocycles. The Morgan fingerprint density at radius 1 is 1.00 bits per heavy atom. The molecule has 0 unspecified atom stereocenters. The van der Waals surface area contributed by atoms with Crippen LogP contribution in [0.4, 0.5) is 5.69 Å². The molecule has 5 rings (SSSR count). The fraction of sp³-hybridized carbons (Fsp3) is 0.421. The molecule has 0 spiro atoms. The number of hydrogen-bond acceptors (Lipinski definition) is 7. The molecule has 2 aromatic heterocycles. The van der Waals surface area contributed by atoms with Gasteiger partial charge in [0.1, 0.15) is 12.7 Å². The van der Waals surface area contributed by atoms with Crippen molar-refractivity contribution in [1.82, 2.24) is 24.6 Å². The van der Waals surface area contributed by atoms with Crippen LogP contribution in [-0.4, -0.2) is 64.2 Å². The molecule has 1 fully saturated rings. The molecule has 0 bridgehead atoms. The van der Waals surface area contributed by atoms with Crippen molar-refractivity contribution >= 4 is 16.6 Å². The van der Waals surface area contributed by atoms with Gasteiger partial charge in [0, 0.05) is 55.6 Å². The van der Waals surface area contributed by atoms with Gasteiger partial charge < -0.3 is 14.4 Å². The lowest BCUT2D eigenvalue weighted by Gasteiger charge is -2.36. The van der Waals surface area contributed by atoms with Crippen molar-refractivity contribution in [3.05, 3.63) is 36.5 Å². The van der Waals surface area contributed by atoms with Crippen LogP contribution in [0.2, 0.25) is 0 Å². The zero-order chi connectivity index (χ0) is 18.2. The number of aromatic nitrogens is 4. The predicted molar refractivity (Wildman–Crippen MR) is 101 cm³/mol. The molecule has 2 aliphatic rings. The average Bonchev–Trinajstić information content (AvgIpc) is 3.36. The van der Waals surface area contributed by atoms with E-state index in [9.17, 15) is 0 Å². The van der Waals surface area contributed by atoms with E-state index in [1.165, 1.54) is 5.69 Å². The molecular weight excluding hydrogens is 344 g/mol. The molecule has 1 saturated heterocycles. The Kier molecular flexibility index (Phi) is 4.05. The number of benzene rings is 1. The summed E-state index contributed by atoms with van der Waals surface area (Å²) in [5.41, 5.74) is 3.21. The van der Waals surface area contributed by atoms with Crippen molar-refractivity contribution in [3.8, 4) is 11.5 Å². The fourth-order valence-electron chi connectivity index (χ4n) is 3.79. The van der Waals surface area contributed by atoms with Crippen molar-refractivity contribution in [1.29, 1.82) is 0 Å². The molecule has 27 heavy (non-hydrogen) atoms. The van der Waals surface area contributed by atoms with Gasteiger partial charge >= 0.3 is 0 Å². The summed E-state index contributed by atoms with van der Waals surface area (Å²) in [7, 11) is 0. The van der Waals surface area contributed by atoms with Crippen molar-refractivity contribution in [2.75, 3.05) is 44.4 Å². The van der Waals surface area contributed by atoms with Crippen LogP contribution in [0.15, 0.2) is 30.9 Å². The molecule has 0 aliphatic carbocycles. The SMILES string of the molecule is Cc1cc(N2CCN(CCn3cncn3)CC2)c2cc3c(cc2n1)OCO3. The molecule has 0 saturated carbocycles. The molecule has 0 radical (unpaired) electrons. The van der Waals surface area contributed by atoms with Gasteiger partial charge in [-0.05, 0) is 19.1 Å². The zero-order valence-electron chi connectivity index (χ0n) is 15.3. The molecular formula is C19H22N6O2. The smallest absolute Gasteiger partial charge is 0.231 e. The van der Waals surface area contributed by atoms with E-state index in [0.29, 0.717) is 0 Å². The maximum absolute atomic E-state index is 5.57. The summed E-state index contributed by atoms with van der Waals surface area (Å²) in [6, 6.07) is 6.23. The number of anilines is 1. The van der Waals surface area contributed by atoms with Crippen LogP contribution in [0.1, 0.15) is 5.69 Å². The van der Waals surface area contributed by atoms with Crippen LogP contribution in [0, 0.1) is 6.92 Å². The standard InChI is InChI=1S/C19H22N6O2/c1-14-8-17(15-9-18-19(27-13-26-18)10-16(15)22-14)24-5-2-23(3-6-24)4-7-25-12-20-11-21-25/h8-12H,2-7,13H2,1H3. The summed E-state index contributed by atoms with van der Waals surface area (Å²) in [5.74, 6) is 1.59. The zero-order valence-corrected chi connectivity index (χ0v) is 15.3. The third kappa shape index (κ3) is 3.16. The van der Waals surface area contributed by atoms with E-state index in [0.717, 1.165) is 67.4 Å². The topological polar surface area (TPSA) is 68.5 Å². The number of piperazine rings is 1. The normalized spacial score (nSPS) is 17.0. The third-order valence-corrected chi connectivity index (χ3v) is 5.23. The lowest BCUT2D eigenvalue weighted by atomic mass is 10.1. The highest BCUT2D eigenvalue weighted by molar-refractivity contribution is 5.94. The number of aryl methyl sites for hydroxylation is 1. The monoisotopic (exact) mass is 366 g/mol. The minimum Gasteiger partial charge on any atom is -0.454 e. The molecule has 0 atom stereocenters. The van der Waals surface area contributed by atoms with Gasteiger partial charge in [0.15, 0.2) is 11.5 Å². The first-order chi connectivity index (χ1) is 13.3. The van der Waals surface area contributed by atoms with Gasteiger partial charge in [-0.25, -0.2) is 4.98 Å². The quantitative estimate of drug-likeness (QED) is 0.696. The highest BCUT2D eigenvalue weighted by Crippen LogP contribution is 2.39. The van der Waals surface area contributed by atoms with Gasteiger partial charge in [0.05, 0.1) is 12.1 Å². The van der Waals surface area contributed by atoms with E-state index in [1.54, 1.807) is 12.7 Å². The summed E-state index contributed by atoms with van der Waals surface area (Å²) < 4.78 is 13.0. The minimum absolute atomic E-state index is 0.282. The van der Waals surface area contributed by atoms with E-state index in [2.05, 4.69) is 32.0 Å². The second-order valence-electron chi connectivity index (χ2n) is 6.99. The van der Waals surface area contributed by atoms with Crippen LogP contribution in [0.25, 0.3) is 10.9 Å². The highest BCUT2D eigenvalue weighted by Gasteiger charge is 2.22. The Hall–Kier alpha value is -2.87. The highest BCUT2D eigenvalue weighted by atomic mass is 16.7. The third-order valence-electron chi connectivity index (χ3n) is 5.23. The Morgan fingerprint density at radius 2 is 1.81 bits per heavy atom. The molecule has 8 heteroatoms. The Labute approximate surface area is 157 Å². The molecule has 2 aliphatic heterocycles. The van der Waals surface area contributed by atoms with Crippen molar-refractivity contribution in [3.63, 3.8) is 0 Å². The van der Waals surface area contributed by atoms with Crippen molar-refractivity contribution in [2.45, 2.75) is 13.5 Å². The van der Waals surface area contributed by atoms with Gasteiger partial charge in [-0.1, -0.05) is 0 Å². The second-order valence-corrected chi connectivity index (χ2v) is 6.99. The number of rotatable bonds is 4. The lowest BCUT2D eigenvalue weighted by Crippen LogP contribution is -2.47. The summed E-state index contributed by atoms with van der Waals surface area (Å²) >= 11 is 0. The van der Waals surface area contributed by atoms with Gasteiger partial charge in [-0.2, -0.15) is 5.10 Å². The van der Waals surface area contributed by atoms with E-state index in [4.69, 9.17) is 14.5 Å². The van der Waals surface area contributed by atoms with Crippen LogP contribution in [0.5, 0.6) is 11.5 Å². The average molecular weight is 366 g/mol. The van der Waals surface area contributed by atoms with E-state index in [-0.39, 0.29) is 6.79 Å². The summed E-state index contributed by atoms with van der Waals surface area (Å²) in [4.78, 5) is 13.6. The summed E-state index contributed by atoms with van der Waals surface area (Å²) in [6.07, 6.45) is 3.35. The number of nitrogens with zero attached hydrogens (tertiary/aromatic N) is 6. The number of hydrogen-bond donors (Lipinski definition) is 0. The number of fused-ring (bicyclic) bond motifs is 2. The van der Waals surface area contributed by atoms with E-state index < -0.39 is 0 Å². The first-order valence-electron chi connectivity index (χ1n) is 9.27. The van der Waals surface area contributed by atoms with Crippen LogP contribution < -0.4 is 14.4 Å². The number of pyridine rings is 1. The maximum atomic E-state index is 5.57. The minimum atomic E-state index is 0.282. The first-order valence-corrected chi connectivity index (χ1v) is 9.27. The summed E-state index contributed by atoms with van der Waals surface area (Å²) in [5, 5.41) is 5.30. The van der Waals surface area contributed by atoms with Crippen LogP contribution in [-0.2, 0) is 6.54 Å². The number of ether oxygens (including phenoxy) is 2. The maximum Gasteiger partial charge on any atom is 0.231 e. The Balaban J connectivity index is 1.34. The van der Waals surface area contributed by atoms with Crippen LogP contribution in [0.3, 0.4) is 0 Å². The second kappa shape index (κ2) is 6.70. The van der Waals surface area contributed by atoms with E-state index >= 15 is 0 Å². The summed E-state index contributed by atoms with van der Waals surface area (Å²) in [6.45, 7) is 8.23.